The molecule has 4 heterocycles. The van der Waals surface area contributed by atoms with Crippen LogP contribution in [0.5, 0.6) is 0 Å². The van der Waals surface area contributed by atoms with Gasteiger partial charge in [-0.2, -0.15) is 5.10 Å². The molecule has 0 bridgehead atoms. The van der Waals surface area contributed by atoms with Crippen molar-refractivity contribution in [3.05, 3.63) is 53.5 Å². The monoisotopic (exact) mass is 450 g/mol. The highest BCUT2D eigenvalue weighted by atomic mass is 32.2. The Morgan fingerprint density at radius 3 is 2.94 bits per heavy atom. The Hall–Kier alpha value is -2.75. The molecule has 0 unspecified atom stereocenters. The van der Waals surface area contributed by atoms with E-state index in [-0.39, 0.29) is 5.91 Å². The Balaban J connectivity index is 1.27. The number of hydrogen-bond donors (Lipinski definition) is 1. The minimum Gasteiger partial charge on any atom is -0.379 e. The Morgan fingerprint density at radius 1 is 1.22 bits per heavy atom. The summed E-state index contributed by atoms with van der Waals surface area (Å²) < 4.78 is 7.02. The molecule has 1 fully saturated rings. The number of nitrogens with zero attached hydrogens (tertiary/aromatic N) is 5. The molecule has 0 saturated carbocycles. The van der Waals surface area contributed by atoms with Gasteiger partial charge in [-0.25, -0.2) is 14.6 Å². The van der Waals surface area contributed by atoms with E-state index in [1.54, 1.807) is 22.6 Å². The highest BCUT2D eigenvalue weighted by Gasteiger charge is 2.21. The number of benzene rings is 1. The van der Waals surface area contributed by atoms with E-state index in [2.05, 4.69) is 32.4 Å². The summed E-state index contributed by atoms with van der Waals surface area (Å²) in [4.78, 5) is 25.6. The fourth-order valence-electron chi connectivity index (χ4n) is 4.04. The smallest absolute Gasteiger partial charge is 0.254 e. The van der Waals surface area contributed by atoms with Gasteiger partial charge in [-0.1, -0.05) is 18.2 Å². The number of ether oxygens (including phenoxy) is 1. The van der Waals surface area contributed by atoms with Gasteiger partial charge in [-0.05, 0) is 26.0 Å². The lowest BCUT2D eigenvalue weighted by molar-refractivity contribution is 0.0374. The van der Waals surface area contributed by atoms with Crippen molar-refractivity contribution in [1.82, 2.24) is 30.0 Å². The van der Waals surface area contributed by atoms with E-state index in [1.165, 1.54) is 4.90 Å². The van der Waals surface area contributed by atoms with Gasteiger partial charge in [0.15, 0.2) is 0 Å². The summed E-state index contributed by atoms with van der Waals surface area (Å²) in [7, 11) is 0. The molecule has 3 aromatic rings. The van der Waals surface area contributed by atoms with E-state index in [0.29, 0.717) is 18.1 Å². The summed E-state index contributed by atoms with van der Waals surface area (Å²) in [5, 5.41) is 7.43. The average Bonchev–Trinajstić information content (AvgIpc) is 3.23. The van der Waals surface area contributed by atoms with Crippen LogP contribution in [0, 0.1) is 6.92 Å². The molecule has 1 saturated heterocycles. The molecule has 9 heteroatoms. The topological polar surface area (TPSA) is 85.2 Å². The van der Waals surface area contributed by atoms with E-state index >= 15 is 0 Å². The number of aromatic nitrogens is 4. The molecule has 8 nitrogen and oxygen atoms in total. The number of nitrogens with one attached hydrogen (secondary N) is 1. The van der Waals surface area contributed by atoms with Crippen LogP contribution >= 0.6 is 11.8 Å². The second kappa shape index (κ2) is 9.40. The molecule has 32 heavy (non-hydrogen) atoms. The van der Waals surface area contributed by atoms with Gasteiger partial charge in [-0.15, -0.1) is 11.8 Å². The second-order valence-electron chi connectivity index (χ2n) is 7.95. The third-order valence-corrected chi connectivity index (χ3v) is 6.98. The van der Waals surface area contributed by atoms with E-state index in [0.717, 1.165) is 67.5 Å². The molecule has 1 N–H and O–H groups in total. The van der Waals surface area contributed by atoms with Crippen LogP contribution in [0.4, 0.5) is 0 Å². The van der Waals surface area contributed by atoms with Crippen LogP contribution in [0.1, 0.15) is 28.0 Å². The van der Waals surface area contributed by atoms with E-state index in [9.17, 15) is 4.79 Å². The first kappa shape index (κ1) is 21.1. The van der Waals surface area contributed by atoms with Crippen molar-refractivity contribution >= 4 is 17.7 Å². The Bertz CT molecular complexity index is 1130. The largest absolute Gasteiger partial charge is 0.379 e. The fraction of sp³-hybridized carbons (Fsp3) is 0.391. The molecule has 0 aliphatic carbocycles. The van der Waals surface area contributed by atoms with Gasteiger partial charge in [0.25, 0.3) is 11.9 Å². The molecule has 0 radical (unpaired) electrons. The van der Waals surface area contributed by atoms with Crippen LogP contribution < -0.4 is 5.32 Å². The molecule has 0 spiro atoms. The Kier molecular flexibility index (Phi) is 6.20. The molecule has 1 aromatic carbocycles. The predicted octanol–water partition coefficient (Wildman–Crippen LogP) is 2.70. The number of carbonyl (C=O) groups is 1. The normalized spacial score (nSPS) is 15.8. The summed E-state index contributed by atoms with van der Waals surface area (Å²) in [5.41, 5.74) is 4.45. The summed E-state index contributed by atoms with van der Waals surface area (Å²) >= 11 is 1.80. The minimum absolute atomic E-state index is 0.115. The molecule has 166 valence electrons. The van der Waals surface area contributed by atoms with Crippen molar-refractivity contribution in [3.8, 4) is 17.2 Å². The van der Waals surface area contributed by atoms with Crippen LogP contribution in [-0.4, -0.2) is 69.9 Å². The highest BCUT2D eigenvalue weighted by Crippen LogP contribution is 2.40. The predicted molar refractivity (Wildman–Crippen MR) is 123 cm³/mol. The number of carbonyl (C=O) groups excluding carboxylic acids is 1. The minimum atomic E-state index is -0.115. The summed E-state index contributed by atoms with van der Waals surface area (Å²) in [6.07, 6.45) is 4.37. The number of thioether (sulfide) groups is 1. The van der Waals surface area contributed by atoms with Gasteiger partial charge in [0.2, 0.25) is 0 Å². The second-order valence-corrected chi connectivity index (χ2v) is 8.96. The maximum atomic E-state index is 12.7. The summed E-state index contributed by atoms with van der Waals surface area (Å²) in [6.45, 7) is 6.98. The quantitative estimate of drug-likeness (QED) is 0.578. The zero-order chi connectivity index (χ0) is 21.9. The molecule has 2 aliphatic rings. The Morgan fingerprint density at radius 2 is 2.06 bits per heavy atom. The van der Waals surface area contributed by atoms with E-state index in [1.807, 2.05) is 25.3 Å². The SMILES string of the molecule is Cc1c(C(=O)NCCCN2CCOCC2)cnn1-c1ncc2c(n1)-c1ccccc1SC2. The average molecular weight is 451 g/mol. The van der Waals surface area contributed by atoms with Crippen molar-refractivity contribution in [2.75, 3.05) is 39.4 Å². The highest BCUT2D eigenvalue weighted by molar-refractivity contribution is 7.98. The van der Waals surface area contributed by atoms with Crippen LogP contribution in [0.25, 0.3) is 17.2 Å². The Labute approximate surface area is 191 Å². The molecule has 2 aromatic heterocycles. The van der Waals surface area contributed by atoms with Crippen molar-refractivity contribution in [2.45, 2.75) is 24.0 Å². The van der Waals surface area contributed by atoms with Crippen LogP contribution in [0.2, 0.25) is 0 Å². The zero-order valence-electron chi connectivity index (χ0n) is 18.1. The van der Waals surface area contributed by atoms with E-state index < -0.39 is 0 Å². The van der Waals surface area contributed by atoms with Gasteiger partial charge >= 0.3 is 0 Å². The van der Waals surface area contributed by atoms with Crippen LogP contribution in [0.15, 0.2) is 41.6 Å². The first-order valence-corrected chi connectivity index (χ1v) is 11.9. The number of morpholine rings is 1. The maximum Gasteiger partial charge on any atom is 0.254 e. The number of hydrogen-bond acceptors (Lipinski definition) is 7. The third-order valence-electron chi connectivity index (χ3n) is 5.86. The first-order chi connectivity index (χ1) is 15.7. The lowest BCUT2D eigenvalue weighted by Crippen LogP contribution is -2.38. The number of rotatable bonds is 6. The molecular weight excluding hydrogens is 424 g/mol. The first-order valence-electron chi connectivity index (χ1n) is 10.9. The standard InChI is InChI=1S/C23H26N6O2S/c1-16-19(22(30)24-7-4-8-28-9-11-31-12-10-28)14-26-29(16)23-25-13-17-15-32-20-6-3-2-5-18(20)21(17)27-23/h2-3,5-6,13-14H,4,7-12,15H2,1H3,(H,24,30). The van der Waals surface area contributed by atoms with Crippen molar-refractivity contribution < 1.29 is 9.53 Å². The van der Waals surface area contributed by atoms with Crippen LogP contribution in [-0.2, 0) is 10.5 Å². The number of fused-ring (bicyclic) bond motifs is 3. The molecule has 2 aliphatic heterocycles. The summed E-state index contributed by atoms with van der Waals surface area (Å²) in [5.74, 6) is 1.22. The van der Waals surface area contributed by atoms with Gasteiger partial charge in [0.1, 0.15) is 0 Å². The molecule has 0 atom stereocenters. The zero-order valence-corrected chi connectivity index (χ0v) is 18.9. The number of amides is 1. The van der Waals surface area contributed by atoms with Gasteiger partial charge in [-0.3, -0.25) is 9.69 Å². The third kappa shape index (κ3) is 4.28. The maximum absolute atomic E-state index is 12.7. The van der Waals surface area contributed by atoms with Crippen molar-refractivity contribution in [3.63, 3.8) is 0 Å². The summed E-state index contributed by atoms with van der Waals surface area (Å²) in [6, 6.07) is 8.27. The molecule has 5 rings (SSSR count). The van der Waals surface area contributed by atoms with Gasteiger partial charge < -0.3 is 10.1 Å². The van der Waals surface area contributed by atoms with Crippen molar-refractivity contribution in [2.24, 2.45) is 0 Å². The molecule has 1 amide bonds. The lowest BCUT2D eigenvalue weighted by atomic mass is 10.1. The fourth-order valence-corrected chi connectivity index (χ4v) is 5.06. The van der Waals surface area contributed by atoms with Crippen molar-refractivity contribution in [1.29, 1.82) is 0 Å². The van der Waals surface area contributed by atoms with Gasteiger partial charge in [0, 0.05) is 47.6 Å². The molecular formula is C23H26N6O2S. The van der Waals surface area contributed by atoms with E-state index in [4.69, 9.17) is 9.72 Å². The van der Waals surface area contributed by atoms with Gasteiger partial charge in [0.05, 0.1) is 36.4 Å². The lowest BCUT2D eigenvalue weighted by Gasteiger charge is -2.26. The van der Waals surface area contributed by atoms with Crippen LogP contribution in [0.3, 0.4) is 0 Å².